The van der Waals surface area contributed by atoms with Crippen molar-refractivity contribution in [1.29, 1.82) is 0 Å². The van der Waals surface area contributed by atoms with Gasteiger partial charge in [0.1, 0.15) is 11.6 Å². The van der Waals surface area contributed by atoms with E-state index in [4.69, 9.17) is 4.74 Å². The Bertz CT molecular complexity index is 543. The van der Waals surface area contributed by atoms with E-state index in [1.807, 2.05) is 6.92 Å². The SMILES string of the molecule is CCOCC1CCN(C(=NC)NCCc2ccc(F)cc2F)C1.I. The number of halogens is 3. The highest BCUT2D eigenvalue weighted by molar-refractivity contribution is 14.0. The van der Waals surface area contributed by atoms with Gasteiger partial charge in [0.2, 0.25) is 0 Å². The minimum atomic E-state index is -0.549. The molecule has 0 amide bonds. The van der Waals surface area contributed by atoms with E-state index in [0.717, 1.165) is 44.8 Å². The normalized spacial score (nSPS) is 17.8. The number of hydrogen-bond donors (Lipinski definition) is 1. The van der Waals surface area contributed by atoms with E-state index in [2.05, 4.69) is 15.2 Å². The summed E-state index contributed by atoms with van der Waals surface area (Å²) >= 11 is 0. The molecular weight excluding hydrogens is 427 g/mol. The van der Waals surface area contributed by atoms with Crippen molar-refractivity contribution in [1.82, 2.24) is 10.2 Å². The smallest absolute Gasteiger partial charge is 0.193 e. The Labute approximate surface area is 159 Å². The number of rotatable bonds is 6. The van der Waals surface area contributed by atoms with Crippen LogP contribution in [0.3, 0.4) is 0 Å². The molecule has 1 aromatic rings. The molecule has 1 N–H and O–H groups in total. The third kappa shape index (κ3) is 6.16. The van der Waals surface area contributed by atoms with Crippen molar-refractivity contribution >= 4 is 29.9 Å². The van der Waals surface area contributed by atoms with Crippen LogP contribution in [-0.2, 0) is 11.2 Å². The first-order chi connectivity index (χ1) is 11.1. The lowest BCUT2D eigenvalue weighted by molar-refractivity contribution is 0.114. The molecule has 1 fully saturated rings. The quantitative estimate of drug-likeness (QED) is 0.409. The summed E-state index contributed by atoms with van der Waals surface area (Å²) in [7, 11) is 1.75. The summed E-state index contributed by atoms with van der Waals surface area (Å²) in [5, 5.41) is 3.25. The third-order valence-electron chi connectivity index (χ3n) is 4.05. The Morgan fingerprint density at radius 1 is 1.42 bits per heavy atom. The molecule has 0 aromatic heterocycles. The highest BCUT2D eigenvalue weighted by atomic mass is 127. The van der Waals surface area contributed by atoms with Gasteiger partial charge in [-0.3, -0.25) is 4.99 Å². The van der Waals surface area contributed by atoms with E-state index in [9.17, 15) is 8.78 Å². The summed E-state index contributed by atoms with van der Waals surface area (Å²) in [6.07, 6.45) is 1.58. The average Bonchev–Trinajstić information content (AvgIpc) is 3.00. The number of hydrogen-bond acceptors (Lipinski definition) is 2. The molecule has 0 radical (unpaired) electrons. The van der Waals surface area contributed by atoms with Gasteiger partial charge in [0.05, 0.1) is 6.61 Å². The topological polar surface area (TPSA) is 36.9 Å². The van der Waals surface area contributed by atoms with Crippen molar-refractivity contribution in [2.45, 2.75) is 19.8 Å². The third-order valence-corrected chi connectivity index (χ3v) is 4.05. The second-order valence-electron chi connectivity index (χ2n) is 5.72. The molecule has 1 aliphatic heterocycles. The first-order valence-electron chi connectivity index (χ1n) is 8.11. The van der Waals surface area contributed by atoms with Crippen LogP contribution in [0.1, 0.15) is 18.9 Å². The number of nitrogens with one attached hydrogen (secondary N) is 1. The Morgan fingerprint density at radius 2 is 2.21 bits per heavy atom. The average molecular weight is 453 g/mol. The minimum absolute atomic E-state index is 0. The molecule has 2 rings (SSSR count). The molecule has 1 unspecified atom stereocenters. The number of guanidine groups is 1. The van der Waals surface area contributed by atoms with E-state index in [1.165, 1.54) is 12.1 Å². The number of likely N-dealkylation sites (tertiary alicyclic amines) is 1. The van der Waals surface area contributed by atoms with Crippen molar-refractivity contribution < 1.29 is 13.5 Å². The maximum atomic E-state index is 13.6. The van der Waals surface area contributed by atoms with Crippen LogP contribution in [0.15, 0.2) is 23.2 Å². The summed E-state index contributed by atoms with van der Waals surface area (Å²) in [6, 6.07) is 3.69. The van der Waals surface area contributed by atoms with Gasteiger partial charge in [-0.05, 0) is 31.4 Å². The second-order valence-corrected chi connectivity index (χ2v) is 5.72. The summed E-state index contributed by atoms with van der Waals surface area (Å²) in [6.45, 7) is 5.95. The highest BCUT2D eigenvalue weighted by Gasteiger charge is 2.24. The van der Waals surface area contributed by atoms with E-state index in [1.54, 1.807) is 7.05 Å². The van der Waals surface area contributed by atoms with Crippen LogP contribution < -0.4 is 5.32 Å². The summed E-state index contributed by atoms with van der Waals surface area (Å²) in [5.74, 6) is 0.307. The predicted molar refractivity (Wildman–Crippen MR) is 103 cm³/mol. The first-order valence-corrected chi connectivity index (χ1v) is 8.11. The molecule has 0 spiro atoms. The molecule has 1 atom stereocenters. The van der Waals surface area contributed by atoms with Crippen LogP contribution in [0.2, 0.25) is 0 Å². The van der Waals surface area contributed by atoms with Gasteiger partial charge in [0.15, 0.2) is 5.96 Å². The van der Waals surface area contributed by atoms with Crippen molar-refractivity contribution in [3.63, 3.8) is 0 Å². The Balaban J connectivity index is 0.00000288. The fourth-order valence-electron chi connectivity index (χ4n) is 2.81. The fourth-order valence-corrected chi connectivity index (χ4v) is 2.81. The van der Waals surface area contributed by atoms with Crippen LogP contribution in [0.25, 0.3) is 0 Å². The van der Waals surface area contributed by atoms with Gasteiger partial charge in [-0.25, -0.2) is 8.78 Å². The number of nitrogens with zero attached hydrogens (tertiary/aromatic N) is 2. The molecule has 0 aliphatic carbocycles. The fraction of sp³-hybridized carbons (Fsp3) is 0.588. The molecular formula is C17H26F2IN3O. The van der Waals surface area contributed by atoms with Gasteiger partial charge in [0, 0.05) is 45.3 Å². The van der Waals surface area contributed by atoms with Crippen LogP contribution >= 0.6 is 24.0 Å². The molecule has 4 nitrogen and oxygen atoms in total. The zero-order valence-corrected chi connectivity index (χ0v) is 16.6. The van der Waals surface area contributed by atoms with Crippen molar-refractivity contribution in [2.75, 3.05) is 39.9 Å². The maximum absolute atomic E-state index is 13.6. The Hall–Kier alpha value is -0.960. The van der Waals surface area contributed by atoms with Gasteiger partial charge in [-0.2, -0.15) is 0 Å². The van der Waals surface area contributed by atoms with Crippen molar-refractivity contribution in [2.24, 2.45) is 10.9 Å². The number of aliphatic imine (C=N–C) groups is 1. The van der Waals surface area contributed by atoms with Crippen LogP contribution in [-0.4, -0.2) is 50.8 Å². The lowest BCUT2D eigenvalue weighted by atomic mass is 10.1. The van der Waals surface area contributed by atoms with Gasteiger partial charge in [-0.15, -0.1) is 24.0 Å². The maximum Gasteiger partial charge on any atom is 0.193 e. The monoisotopic (exact) mass is 453 g/mol. The lowest BCUT2D eigenvalue weighted by Gasteiger charge is -2.21. The van der Waals surface area contributed by atoms with Crippen molar-refractivity contribution in [3.05, 3.63) is 35.4 Å². The molecule has 0 bridgehead atoms. The number of benzene rings is 1. The van der Waals surface area contributed by atoms with Crippen LogP contribution in [0.4, 0.5) is 8.78 Å². The Morgan fingerprint density at radius 3 is 2.88 bits per heavy atom. The summed E-state index contributed by atoms with van der Waals surface area (Å²) in [4.78, 5) is 6.49. The molecule has 1 saturated heterocycles. The van der Waals surface area contributed by atoms with Crippen molar-refractivity contribution in [3.8, 4) is 0 Å². The summed E-state index contributed by atoms with van der Waals surface area (Å²) in [5.41, 5.74) is 0.505. The molecule has 1 aromatic carbocycles. The molecule has 24 heavy (non-hydrogen) atoms. The molecule has 0 saturated carbocycles. The minimum Gasteiger partial charge on any atom is -0.381 e. The number of ether oxygens (including phenoxy) is 1. The van der Waals surface area contributed by atoms with Gasteiger partial charge < -0.3 is 15.0 Å². The van der Waals surface area contributed by atoms with Crippen LogP contribution in [0.5, 0.6) is 0 Å². The standard InChI is InChI=1S/C17H25F2N3O.HI/c1-3-23-12-13-7-9-22(11-13)17(20-2)21-8-6-14-4-5-15(18)10-16(14)19;/h4-5,10,13H,3,6-9,11-12H2,1-2H3,(H,20,21);1H. The molecule has 7 heteroatoms. The first kappa shape index (κ1) is 21.1. The lowest BCUT2D eigenvalue weighted by Crippen LogP contribution is -2.41. The van der Waals surface area contributed by atoms with E-state index in [0.29, 0.717) is 24.4 Å². The van der Waals surface area contributed by atoms with Crippen LogP contribution in [0, 0.1) is 17.6 Å². The second kappa shape index (κ2) is 10.8. The highest BCUT2D eigenvalue weighted by Crippen LogP contribution is 2.16. The van der Waals surface area contributed by atoms with E-state index in [-0.39, 0.29) is 24.0 Å². The largest absolute Gasteiger partial charge is 0.381 e. The van der Waals surface area contributed by atoms with Gasteiger partial charge in [0.25, 0.3) is 0 Å². The Kier molecular flexibility index (Phi) is 9.50. The summed E-state index contributed by atoms with van der Waals surface area (Å²) < 4.78 is 32.0. The molecule has 1 heterocycles. The molecule has 136 valence electrons. The zero-order valence-electron chi connectivity index (χ0n) is 14.2. The zero-order chi connectivity index (χ0) is 16.7. The van der Waals surface area contributed by atoms with Gasteiger partial charge >= 0.3 is 0 Å². The molecule has 1 aliphatic rings. The van der Waals surface area contributed by atoms with E-state index >= 15 is 0 Å². The van der Waals surface area contributed by atoms with Gasteiger partial charge in [-0.1, -0.05) is 6.07 Å². The van der Waals surface area contributed by atoms with E-state index < -0.39 is 11.6 Å². The predicted octanol–water partition coefficient (Wildman–Crippen LogP) is 3.06.